The summed E-state index contributed by atoms with van der Waals surface area (Å²) in [6.07, 6.45) is 0. The number of carbonyl (C=O) groups excluding carboxylic acids is 1. The number of hydrogen-bond donors (Lipinski definition) is 0. The van der Waals surface area contributed by atoms with Gasteiger partial charge in [-0.25, -0.2) is 0 Å². The largest absolute Gasteiger partial charge is 0.298 e. The lowest BCUT2D eigenvalue weighted by molar-refractivity contribution is -0.128. The van der Waals surface area contributed by atoms with Crippen molar-refractivity contribution in [1.29, 1.82) is 0 Å². The Morgan fingerprint density at radius 2 is 0.955 bits per heavy atom. The van der Waals surface area contributed by atoms with E-state index in [2.05, 4.69) is 0 Å². The molecule has 0 radical (unpaired) electrons. The summed E-state index contributed by atoms with van der Waals surface area (Å²) in [7, 11) is 0. The minimum atomic E-state index is -0.603. The summed E-state index contributed by atoms with van der Waals surface area (Å²) in [5.74, 6) is 0.157. The molecule has 2 aromatic rings. The van der Waals surface area contributed by atoms with E-state index in [0.717, 1.165) is 11.1 Å². The summed E-state index contributed by atoms with van der Waals surface area (Å²) in [4.78, 5) is 13.2. The van der Waals surface area contributed by atoms with Gasteiger partial charge in [-0.1, -0.05) is 47.5 Å². The second kappa shape index (κ2) is 6.06. The Balaban J connectivity index is 2.39. The van der Waals surface area contributed by atoms with E-state index in [1.54, 1.807) is 0 Å². The van der Waals surface area contributed by atoms with Crippen LogP contribution in [0.5, 0.6) is 0 Å². The number of halogens is 2. The maximum Gasteiger partial charge on any atom is 0.152 e. The van der Waals surface area contributed by atoms with Crippen LogP contribution >= 0.6 is 23.2 Å². The first-order valence-electron chi connectivity index (χ1n) is 7.22. The molecule has 0 atom stereocenters. The number of benzene rings is 2. The molecule has 0 spiro atoms. The standard InChI is InChI=1S/C19H20Cl2O/c1-18(2,13-5-9-15(20)10-6-13)17(22)19(3,4)14-7-11-16(21)12-8-14/h5-12H,1-4H3. The SMILES string of the molecule is CC(C)(C(=O)C(C)(C)c1ccc(Cl)cc1)c1ccc(Cl)cc1. The van der Waals surface area contributed by atoms with Crippen LogP contribution in [0.2, 0.25) is 10.0 Å². The fraction of sp³-hybridized carbons (Fsp3) is 0.316. The molecule has 22 heavy (non-hydrogen) atoms. The molecule has 3 heteroatoms. The lowest BCUT2D eigenvalue weighted by Gasteiger charge is -2.34. The molecule has 0 unspecified atom stereocenters. The van der Waals surface area contributed by atoms with Gasteiger partial charge in [0.1, 0.15) is 0 Å². The molecule has 2 rings (SSSR count). The summed E-state index contributed by atoms with van der Waals surface area (Å²) in [5, 5.41) is 1.34. The third-order valence-electron chi connectivity index (χ3n) is 4.27. The van der Waals surface area contributed by atoms with E-state index in [1.807, 2.05) is 76.2 Å². The minimum Gasteiger partial charge on any atom is -0.298 e. The molecule has 0 fully saturated rings. The van der Waals surface area contributed by atoms with Gasteiger partial charge in [-0.15, -0.1) is 0 Å². The van der Waals surface area contributed by atoms with Crippen LogP contribution in [0.3, 0.4) is 0 Å². The highest BCUT2D eigenvalue weighted by Crippen LogP contribution is 2.36. The van der Waals surface area contributed by atoms with Crippen molar-refractivity contribution in [1.82, 2.24) is 0 Å². The highest BCUT2D eigenvalue weighted by Gasteiger charge is 2.41. The van der Waals surface area contributed by atoms with Gasteiger partial charge >= 0.3 is 0 Å². The van der Waals surface area contributed by atoms with E-state index in [1.165, 1.54) is 0 Å². The summed E-state index contributed by atoms with van der Waals surface area (Å²) in [5.41, 5.74) is 0.717. The van der Waals surface area contributed by atoms with Crippen molar-refractivity contribution in [2.75, 3.05) is 0 Å². The molecule has 0 aromatic heterocycles. The van der Waals surface area contributed by atoms with Gasteiger partial charge in [0.05, 0.1) is 0 Å². The van der Waals surface area contributed by atoms with Crippen molar-refractivity contribution in [3.8, 4) is 0 Å². The average molecular weight is 335 g/mol. The van der Waals surface area contributed by atoms with Gasteiger partial charge in [0, 0.05) is 20.9 Å². The van der Waals surface area contributed by atoms with Crippen molar-refractivity contribution in [3.63, 3.8) is 0 Å². The first-order chi connectivity index (χ1) is 10.2. The zero-order valence-corrected chi connectivity index (χ0v) is 14.8. The van der Waals surface area contributed by atoms with Crippen LogP contribution in [0.4, 0.5) is 0 Å². The molecule has 0 bridgehead atoms. The summed E-state index contributed by atoms with van der Waals surface area (Å²) in [6, 6.07) is 14.9. The first kappa shape index (κ1) is 17.1. The first-order valence-corrected chi connectivity index (χ1v) is 7.98. The monoisotopic (exact) mass is 334 g/mol. The number of hydrogen-bond acceptors (Lipinski definition) is 1. The fourth-order valence-corrected chi connectivity index (χ4v) is 3.03. The van der Waals surface area contributed by atoms with Crippen LogP contribution < -0.4 is 0 Å². The van der Waals surface area contributed by atoms with Crippen molar-refractivity contribution in [2.45, 2.75) is 38.5 Å². The number of Topliss-reactive ketones (excluding diaryl/α,β-unsaturated/α-hetero) is 1. The molecule has 0 amide bonds. The Hall–Kier alpha value is -1.31. The smallest absolute Gasteiger partial charge is 0.152 e. The molecular formula is C19H20Cl2O. The zero-order chi connectivity index (χ0) is 16.5. The highest BCUT2D eigenvalue weighted by molar-refractivity contribution is 6.30. The molecular weight excluding hydrogens is 315 g/mol. The molecule has 0 N–H and O–H groups in total. The Morgan fingerprint density at radius 1 is 0.682 bits per heavy atom. The van der Waals surface area contributed by atoms with E-state index in [4.69, 9.17) is 23.2 Å². The van der Waals surface area contributed by atoms with Crippen molar-refractivity contribution in [3.05, 3.63) is 69.7 Å². The van der Waals surface area contributed by atoms with Crippen molar-refractivity contribution < 1.29 is 4.79 Å². The topological polar surface area (TPSA) is 17.1 Å². The zero-order valence-electron chi connectivity index (χ0n) is 13.3. The van der Waals surface area contributed by atoms with Gasteiger partial charge in [0.15, 0.2) is 5.78 Å². The number of rotatable bonds is 4. The highest BCUT2D eigenvalue weighted by atomic mass is 35.5. The summed E-state index contributed by atoms with van der Waals surface area (Å²) >= 11 is 11.9. The molecule has 1 nitrogen and oxygen atoms in total. The maximum absolute atomic E-state index is 13.2. The molecule has 0 heterocycles. The van der Waals surface area contributed by atoms with Crippen LogP contribution in [0.15, 0.2) is 48.5 Å². The summed E-state index contributed by atoms with van der Waals surface area (Å²) in [6.45, 7) is 7.82. The summed E-state index contributed by atoms with van der Waals surface area (Å²) < 4.78 is 0. The van der Waals surface area contributed by atoms with Crippen molar-refractivity contribution >= 4 is 29.0 Å². The van der Waals surface area contributed by atoms with E-state index in [0.29, 0.717) is 10.0 Å². The van der Waals surface area contributed by atoms with Crippen LogP contribution in [0.1, 0.15) is 38.8 Å². The quantitative estimate of drug-likeness (QED) is 0.688. The number of carbonyl (C=O) groups is 1. The van der Waals surface area contributed by atoms with Crippen LogP contribution in [-0.4, -0.2) is 5.78 Å². The van der Waals surface area contributed by atoms with E-state index in [-0.39, 0.29) is 5.78 Å². The predicted octanol–water partition coefficient (Wildman–Crippen LogP) is 5.82. The predicted molar refractivity (Wildman–Crippen MR) is 94.0 cm³/mol. The van der Waals surface area contributed by atoms with Crippen LogP contribution in [-0.2, 0) is 15.6 Å². The van der Waals surface area contributed by atoms with Crippen LogP contribution in [0, 0.1) is 0 Å². The minimum absolute atomic E-state index is 0.157. The molecule has 0 saturated carbocycles. The third-order valence-corrected chi connectivity index (χ3v) is 4.77. The lowest BCUT2D eigenvalue weighted by atomic mass is 9.67. The van der Waals surface area contributed by atoms with E-state index < -0.39 is 10.8 Å². The van der Waals surface area contributed by atoms with Gasteiger partial charge in [-0.3, -0.25) is 4.79 Å². The van der Waals surface area contributed by atoms with Gasteiger partial charge in [-0.2, -0.15) is 0 Å². The Kier molecular flexibility index (Phi) is 4.70. The molecule has 0 saturated heterocycles. The maximum atomic E-state index is 13.2. The Bertz CT molecular complexity index is 608. The molecule has 0 aliphatic rings. The molecule has 0 aliphatic carbocycles. The van der Waals surface area contributed by atoms with Crippen molar-refractivity contribution in [2.24, 2.45) is 0 Å². The lowest BCUT2D eigenvalue weighted by Crippen LogP contribution is -2.42. The van der Waals surface area contributed by atoms with Crippen LogP contribution in [0.25, 0.3) is 0 Å². The fourth-order valence-electron chi connectivity index (χ4n) is 2.78. The van der Waals surface area contributed by atoms with E-state index in [9.17, 15) is 4.79 Å². The van der Waals surface area contributed by atoms with Gasteiger partial charge in [0.25, 0.3) is 0 Å². The van der Waals surface area contributed by atoms with Gasteiger partial charge in [0.2, 0.25) is 0 Å². The van der Waals surface area contributed by atoms with E-state index >= 15 is 0 Å². The third kappa shape index (κ3) is 3.21. The van der Waals surface area contributed by atoms with Gasteiger partial charge in [-0.05, 0) is 63.1 Å². The molecule has 116 valence electrons. The van der Waals surface area contributed by atoms with Gasteiger partial charge < -0.3 is 0 Å². The molecule has 2 aromatic carbocycles. The second-order valence-electron chi connectivity index (χ2n) is 6.59. The molecule has 0 aliphatic heterocycles. The average Bonchev–Trinajstić information content (AvgIpc) is 2.47. The number of ketones is 1. The Labute approximate surface area is 142 Å². The second-order valence-corrected chi connectivity index (χ2v) is 7.47. The Morgan fingerprint density at radius 3 is 1.23 bits per heavy atom. The normalized spacial score (nSPS) is 12.3.